The van der Waals surface area contributed by atoms with Crippen LogP contribution in [0.5, 0.6) is 0 Å². The molecule has 2 aliphatic rings. The fourth-order valence-electron chi connectivity index (χ4n) is 6.65. The molecule has 2 aromatic carbocycles. The number of aryl methyl sites for hydroxylation is 3. The van der Waals surface area contributed by atoms with Crippen molar-refractivity contribution < 1.29 is 0 Å². The molecule has 2 aliphatic carbocycles. The lowest BCUT2D eigenvalue weighted by Gasteiger charge is -2.30. The molecule has 2 heterocycles. The Morgan fingerprint density at radius 2 is 1.73 bits per heavy atom. The number of hydrogen-bond acceptors (Lipinski definition) is 1. The van der Waals surface area contributed by atoms with Gasteiger partial charge in [0.05, 0.1) is 0 Å². The summed E-state index contributed by atoms with van der Waals surface area (Å²) in [6, 6.07) is 20.6. The average molecular weight is 487 g/mol. The highest BCUT2D eigenvalue weighted by Gasteiger charge is 2.27. The lowest BCUT2D eigenvalue weighted by Crippen LogP contribution is -2.31. The molecule has 0 spiro atoms. The Labute approximate surface area is 220 Å². The molecule has 2 atom stereocenters. The van der Waals surface area contributed by atoms with Gasteiger partial charge in [0, 0.05) is 41.8 Å². The summed E-state index contributed by atoms with van der Waals surface area (Å²) in [5.41, 5.74) is 8.43. The number of hydrogen-bond donors (Lipinski definition) is 0. The van der Waals surface area contributed by atoms with Gasteiger partial charge in [0.25, 0.3) is 0 Å². The number of fused-ring (bicyclic) bond motifs is 4. The minimum atomic E-state index is 0.415. The van der Waals surface area contributed by atoms with Crippen LogP contribution >= 0.6 is 0 Å². The molecular formula is C35H38N2. The molecule has 0 N–H and O–H groups in total. The summed E-state index contributed by atoms with van der Waals surface area (Å²) in [5, 5.41) is 5.72. The second-order valence-corrected chi connectivity index (χ2v) is 11.1. The minimum absolute atomic E-state index is 0.415. The van der Waals surface area contributed by atoms with Gasteiger partial charge in [0.15, 0.2) is 0 Å². The highest BCUT2D eigenvalue weighted by Crippen LogP contribution is 2.35. The van der Waals surface area contributed by atoms with E-state index in [1.54, 1.807) is 11.1 Å². The molecule has 188 valence electrons. The van der Waals surface area contributed by atoms with Gasteiger partial charge in [-0.2, -0.15) is 0 Å². The van der Waals surface area contributed by atoms with E-state index in [9.17, 15) is 0 Å². The summed E-state index contributed by atoms with van der Waals surface area (Å²) in [5.74, 6) is 1.04. The first-order valence-corrected chi connectivity index (χ1v) is 14.2. The molecule has 2 nitrogen and oxygen atoms in total. The normalized spacial score (nSPS) is 18.1. The van der Waals surface area contributed by atoms with Gasteiger partial charge in [-0.15, -0.1) is 0 Å². The van der Waals surface area contributed by atoms with E-state index in [0.717, 1.165) is 18.5 Å². The second-order valence-electron chi connectivity index (χ2n) is 11.1. The summed E-state index contributed by atoms with van der Waals surface area (Å²) in [6.45, 7) is 6.58. The molecule has 0 aliphatic heterocycles. The number of unbranched alkanes of at least 4 members (excludes halogenated alkanes) is 1. The molecule has 2 heteroatoms. The molecule has 4 aromatic rings. The average Bonchev–Trinajstić information content (AvgIpc) is 3.45. The molecule has 0 saturated heterocycles. The van der Waals surface area contributed by atoms with Crippen LogP contribution in [0.15, 0.2) is 73.2 Å². The number of benzene rings is 2. The summed E-state index contributed by atoms with van der Waals surface area (Å²) >= 11 is 0. The van der Waals surface area contributed by atoms with Crippen LogP contribution in [-0.4, -0.2) is 9.55 Å². The predicted molar refractivity (Wildman–Crippen MR) is 154 cm³/mol. The zero-order valence-electron chi connectivity index (χ0n) is 22.5. The van der Waals surface area contributed by atoms with Crippen molar-refractivity contribution in [1.29, 1.82) is 0 Å². The molecular weight excluding hydrogens is 448 g/mol. The number of rotatable bonds is 7. The lowest BCUT2D eigenvalue weighted by molar-refractivity contribution is 0.501. The molecule has 2 unspecified atom stereocenters. The van der Waals surface area contributed by atoms with Gasteiger partial charge in [-0.05, 0) is 102 Å². The largest absolute Gasteiger partial charge is 0.327 e. The maximum atomic E-state index is 4.56. The van der Waals surface area contributed by atoms with Crippen LogP contribution in [0.4, 0.5) is 0 Å². The van der Waals surface area contributed by atoms with Crippen LogP contribution < -0.4 is 10.4 Å². The van der Waals surface area contributed by atoms with Crippen molar-refractivity contribution in [2.45, 2.75) is 71.6 Å². The minimum Gasteiger partial charge on any atom is -0.327 e. The van der Waals surface area contributed by atoms with Gasteiger partial charge < -0.3 is 4.57 Å². The van der Waals surface area contributed by atoms with E-state index in [-0.39, 0.29) is 0 Å². The van der Waals surface area contributed by atoms with E-state index in [0.29, 0.717) is 11.8 Å². The Balaban J connectivity index is 1.56. The fourth-order valence-corrected chi connectivity index (χ4v) is 6.65. The van der Waals surface area contributed by atoms with Gasteiger partial charge in [-0.25, -0.2) is 0 Å². The third-order valence-electron chi connectivity index (χ3n) is 8.52. The van der Waals surface area contributed by atoms with Crippen molar-refractivity contribution in [3.05, 3.63) is 122 Å². The highest BCUT2D eigenvalue weighted by atomic mass is 15.0. The Hall–Kier alpha value is -3.39. The van der Waals surface area contributed by atoms with E-state index in [4.69, 9.17) is 0 Å². The van der Waals surface area contributed by atoms with Crippen molar-refractivity contribution in [2.75, 3.05) is 0 Å². The van der Waals surface area contributed by atoms with Gasteiger partial charge in [-0.1, -0.05) is 67.8 Å². The first kappa shape index (κ1) is 24.0. The van der Waals surface area contributed by atoms with Gasteiger partial charge in [0.2, 0.25) is 0 Å². The zero-order chi connectivity index (χ0) is 25.4. The van der Waals surface area contributed by atoms with Crippen molar-refractivity contribution in [3.8, 4) is 0 Å². The first-order chi connectivity index (χ1) is 18.1. The Morgan fingerprint density at radius 3 is 2.51 bits per heavy atom. The quantitative estimate of drug-likeness (QED) is 0.284. The van der Waals surface area contributed by atoms with Gasteiger partial charge in [0.1, 0.15) is 0 Å². The topological polar surface area (TPSA) is 17.8 Å². The van der Waals surface area contributed by atoms with Crippen molar-refractivity contribution in [3.63, 3.8) is 0 Å². The van der Waals surface area contributed by atoms with Crippen LogP contribution in [0.1, 0.15) is 72.9 Å². The van der Waals surface area contributed by atoms with Crippen LogP contribution in [0.25, 0.3) is 11.8 Å². The molecule has 37 heavy (non-hydrogen) atoms. The molecule has 6 rings (SSSR count). The van der Waals surface area contributed by atoms with E-state index < -0.39 is 0 Å². The number of nitrogens with zero attached hydrogens (tertiary/aromatic N) is 2. The SMILES string of the molecule is CCCCC1CCc2c3c(ccc2=C1n1cccc1)=c1ccc(C)cc1=CC3CCc1ccc(C)nc1. The third kappa shape index (κ3) is 4.59. The Morgan fingerprint density at radius 1 is 0.919 bits per heavy atom. The maximum absolute atomic E-state index is 4.56. The standard InChI is InChI=1S/C35H38N2/c1-4-5-8-27-14-16-32-33(35(27)37-19-6-7-20-37)18-17-31-30-15-9-24(2)21-29(30)22-28(34(31)32)13-12-26-11-10-25(3)36-23-26/h6-7,9-11,15,17-23,27-28H,4-5,8,12-14,16H2,1-3H3. The number of aromatic nitrogens is 2. The van der Waals surface area contributed by atoms with E-state index >= 15 is 0 Å². The Bertz CT molecular complexity index is 1630. The van der Waals surface area contributed by atoms with E-state index in [1.165, 1.54) is 69.8 Å². The monoisotopic (exact) mass is 486 g/mol. The van der Waals surface area contributed by atoms with Crippen LogP contribution in [0, 0.1) is 30.2 Å². The fraction of sp³-hybridized carbons (Fsp3) is 0.343. The maximum Gasteiger partial charge on any atom is 0.0372 e. The van der Waals surface area contributed by atoms with E-state index in [2.05, 4.69) is 110 Å². The Kier molecular flexibility index (Phi) is 6.59. The summed E-state index contributed by atoms with van der Waals surface area (Å²) in [4.78, 5) is 4.56. The predicted octanol–water partition coefficient (Wildman–Crippen LogP) is 6.71. The molecule has 2 aromatic heterocycles. The lowest BCUT2D eigenvalue weighted by atomic mass is 9.77. The van der Waals surface area contributed by atoms with Crippen LogP contribution in [-0.2, 0) is 12.8 Å². The summed E-state index contributed by atoms with van der Waals surface area (Å²) in [7, 11) is 0. The third-order valence-corrected chi connectivity index (χ3v) is 8.52. The summed E-state index contributed by atoms with van der Waals surface area (Å²) in [6.07, 6.45) is 17.5. The van der Waals surface area contributed by atoms with Gasteiger partial charge in [-0.3, -0.25) is 4.98 Å². The zero-order valence-corrected chi connectivity index (χ0v) is 22.5. The number of pyridine rings is 1. The molecule has 0 fully saturated rings. The molecule has 0 amide bonds. The molecule has 0 radical (unpaired) electrons. The molecule has 0 saturated carbocycles. The van der Waals surface area contributed by atoms with Crippen molar-refractivity contribution >= 4 is 11.8 Å². The van der Waals surface area contributed by atoms with Gasteiger partial charge >= 0.3 is 0 Å². The smallest absolute Gasteiger partial charge is 0.0372 e. The van der Waals surface area contributed by atoms with Crippen molar-refractivity contribution in [2.24, 2.45) is 5.92 Å². The highest BCUT2D eigenvalue weighted by molar-refractivity contribution is 5.58. The van der Waals surface area contributed by atoms with Crippen molar-refractivity contribution in [1.82, 2.24) is 9.55 Å². The van der Waals surface area contributed by atoms with Crippen LogP contribution in [0.2, 0.25) is 0 Å². The second kappa shape index (κ2) is 10.2. The first-order valence-electron chi connectivity index (χ1n) is 14.2. The summed E-state index contributed by atoms with van der Waals surface area (Å²) < 4.78 is 2.40. The van der Waals surface area contributed by atoms with E-state index in [1.807, 2.05) is 0 Å². The van der Waals surface area contributed by atoms with Crippen LogP contribution in [0.3, 0.4) is 0 Å². The molecule has 0 bridgehead atoms.